The average molecular weight is 267 g/mol. The van der Waals surface area contributed by atoms with Gasteiger partial charge in [0.2, 0.25) is 5.91 Å². The van der Waals surface area contributed by atoms with Crippen molar-refractivity contribution >= 4 is 11.9 Å². The smallest absolute Gasteiger partial charge is 0.307 e. The lowest BCUT2D eigenvalue weighted by molar-refractivity contribution is -0.156. The summed E-state index contributed by atoms with van der Waals surface area (Å²) in [7, 11) is 0. The molecule has 0 saturated heterocycles. The summed E-state index contributed by atoms with van der Waals surface area (Å²) in [4.78, 5) is 22.6. The highest BCUT2D eigenvalue weighted by molar-refractivity contribution is 5.74. The second-order valence-electron chi connectivity index (χ2n) is 6.82. The lowest BCUT2D eigenvalue weighted by Crippen LogP contribution is -2.38. The fourth-order valence-corrected chi connectivity index (χ4v) is 3.87. The lowest BCUT2D eigenvalue weighted by atomic mass is 9.70. The number of ether oxygens (including phenoxy) is 1. The van der Waals surface area contributed by atoms with Crippen molar-refractivity contribution in [2.45, 2.75) is 59.5 Å². The maximum absolute atomic E-state index is 11.8. The lowest BCUT2D eigenvalue weighted by Gasteiger charge is -2.38. The highest BCUT2D eigenvalue weighted by Gasteiger charge is 2.62. The van der Waals surface area contributed by atoms with Gasteiger partial charge in [-0.2, -0.15) is 0 Å². The number of carbonyl (C=O) groups excluding carboxylic acids is 2. The van der Waals surface area contributed by atoms with E-state index in [0.717, 1.165) is 12.8 Å². The first-order chi connectivity index (χ1) is 8.77. The van der Waals surface area contributed by atoms with Gasteiger partial charge in [-0.3, -0.25) is 9.59 Å². The molecule has 2 rings (SSSR count). The topological polar surface area (TPSA) is 55.4 Å². The van der Waals surface area contributed by atoms with Gasteiger partial charge in [0.05, 0.1) is 6.42 Å². The van der Waals surface area contributed by atoms with Gasteiger partial charge in [0.25, 0.3) is 0 Å². The van der Waals surface area contributed by atoms with Gasteiger partial charge in [0.15, 0.2) is 0 Å². The van der Waals surface area contributed by atoms with Crippen LogP contribution in [0, 0.1) is 16.7 Å². The molecule has 2 saturated carbocycles. The van der Waals surface area contributed by atoms with Gasteiger partial charge < -0.3 is 10.1 Å². The van der Waals surface area contributed by atoms with Crippen molar-refractivity contribution in [1.82, 2.24) is 5.32 Å². The average Bonchev–Trinajstić information content (AvgIpc) is 2.61. The zero-order valence-electron chi connectivity index (χ0n) is 12.4. The molecule has 0 radical (unpaired) electrons. The molecular formula is C15H25NO3. The van der Waals surface area contributed by atoms with Gasteiger partial charge in [-0.25, -0.2) is 0 Å². The molecule has 3 atom stereocenters. The summed E-state index contributed by atoms with van der Waals surface area (Å²) >= 11 is 0. The fourth-order valence-electron chi connectivity index (χ4n) is 3.87. The molecule has 108 valence electrons. The molecule has 0 aromatic heterocycles. The van der Waals surface area contributed by atoms with Crippen molar-refractivity contribution in [3.05, 3.63) is 0 Å². The Kier molecular flexibility index (Phi) is 3.63. The first-order valence-electron chi connectivity index (χ1n) is 7.21. The van der Waals surface area contributed by atoms with Crippen LogP contribution >= 0.6 is 0 Å². The molecule has 2 bridgehead atoms. The highest BCUT2D eigenvalue weighted by Crippen LogP contribution is 2.66. The van der Waals surface area contributed by atoms with Crippen LogP contribution in [0.25, 0.3) is 0 Å². The van der Waals surface area contributed by atoms with Crippen LogP contribution in [0.1, 0.15) is 53.4 Å². The van der Waals surface area contributed by atoms with Gasteiger partial charge in [-0.1, -0.05) is 20.8 Å². The molecular weight excluding hydrogens is 242 g/mol. The zero-order chi connectivity index (χ0) is 14.3. The van der Waals surface area contributed by atoms with E-state index < -0.39 is 0 Å². The molecule has 0 spiro atoms. The summed E-state index contributed by atoms with van der Waals surface area (Å²) in [5.74, 6) is 0.370. The minimum atomic E-state index is -0.191. The third-order valence-corrected chi connectivity index (χ3v) is 5.69. The van der Waals surface area contributed by atoms with Crippen LogP contribution in [0.15, 0.2) is 0 Å². The number of rotatable bonds is 4. The number of fused-ring (bicyclic) bond motifs is 2. The molecule has 0 aliphatic heterocycles. The summed E-state index contributed by atoms with van der Waals surface area (Å²) in [6.07, 6.45) is 3.70. The Morgan fingerprint density at radius 1 is 1.32 bits per heavy atom. The Hall–Kier alpha value is -1.06. The standard InChI is InChI=1S/C15H25NO3/c1-10(17)16-8-6-13(18)19-12-9-11-5-7-15(12,4)14(11,2)3/h11-12H,5-9H2,1-4H3,(H,16,17). The van der Waals surface area contributed by atoms with Crippen molar-refractivity contribution in [3.8, 4) is 0 Å². The molecule has 4 nitrogen and oxygen atoms in total. The fraction of sp³-hybridized carbons (Fsp3) is 0.867. The second kappa shape index (κ2) is 4.80. The van der Waals surface area contributed by atoms with Gasteiger partial charge in [-0.05, 0) is 30.6 Å². The Balaban J connectivity index is 1.88. The Labute approximate surface area is 115 Å². The van der Waals surface area contributed by atoms with Crippen molar-refractivity contribution in [1.29, 1.82) is 0 Å². The van der Waals surface area contributed by atoms with Crippen molar-refractivity contribution < 1.29 is 14.3 Å². The Bertz CT molecular complexity index is 391. The normalized spacial score (nSPS) is 35.2. The van der Waals surface area contributed by atoms with Crippen LogP contribution in [0.2, 0.25) is 0 Å². The molecule has 0 heterocycles. The number of nitrogens with one attached hydrogen (secondary N) is 1. The van der Waals surface area contributed by atoms with E-state index in [1.54, 1.807) is 0 Å². The van der Waals surface area contributed by atoms with Crippen LogP contribution in [-0.2, 0) is 14.3 Å². The van der Waals surface area contributed by atoms with E-state index in [1.165, 1.54) is 13.3 Å². The number of esters is 1. The molecule has 0 aromatic carbocycles. The number of hydrogen-bond donors (Lipinski definition) is 1. The number of carbonyl (C=O) groups is 2. The SMILES string of the molecule is CC(=O)NCCC(=O)OC1CC2CCC1(C)C2(C)C. The first kappa shape index (κ1) is 14.4. The van der Waals surface area contributed by atoms with Crippen LogP contribution in [-0.4, -0.2) is 24.5 Å². The van der Waals surface area contributed by atoms with E-state index in [2.05, 4.69) is 26.1 Å². The van der Waals surface area contributed by atoms with E-state index in [-0.39, 0.29) is 35.2 Å². The predicted octanol–water partition coefficient (Wildman–Crippen LogP) is 2.27. The summed E-state index contributed by atoms with van der Waals surface area (Å²) in [6.45, 7) is 8.67. The minimum absolute atomic E-state index is 0.0473. The number of hydrogen-bond acceptors (Lipinski definition) is 3. The molecule has 3 unspecified atom stereocenters. The largest absolute Gasteiger partial charge is 0.462 e. The Morgan fingerprint density at radius 2 is 2.00 bits per heavy atom. The third-order valence-electron chi connectivity index (χ3n) is 5.69. The van der Waals surface area contributed by atoms with Crippen LogP contribution in [0.3, 0.4) is 0 Å². The van der Waals surface area contributed by atoms with Gasteiger partial charge >= 0.3 is 5.97 Å². The van der Waals surface area contributed by atoms with Crippen molar-refractivity contribution in [3.63, 3.8) is 0 Å². The molecule has 1 amide bonds. The maximum atomic E-state index is 11.8. The van der Waals surface area contributed by atoms with Gasteiger partial charge in [0.1, 0.15) is 6.10 Å². The van der Waals surface area contributed by atoms with Crippen molar-refractivity contribution in [2.24, 2.45) is 16.7 Å². The molecule has 0 aromatic rings. The van der Waals surface area contributed by atoms with E-state index in [9.17, 15) is 9.59 Å². The molecule has 4 heteroatoms. The number of amides is 1. The second-order valence-corrected chi connectivity index (χ2v) is 6.82. The Morgan fingerprint density at radius 3 is 2.47 bits per heavy atom. The van der Waals surface area contributed by atoms with E-state index in [1.807, 2.05) is 0 Å². The quantitative estimate of drug-likeness (QED) is 0.795. The molecule has 2 aliphatic rings. The molecule has 19 heavy (non-hydrogen) atoms. The molecule has 1 N–H and O–H groups in total. The summed E-state index contributed by atoms with van der Waals surface area (Å²) in [5.41, 5.74) is 0.372. The van der Waals surface area contributed by atoms with E-state index in [0.29, 0.717) is 12.5 Å². The zero-order valence-corrected chi connectivity index (χ0v) is 12.4. The molecule has 2 aliphatic carbocycles. The first-order valence-corrected chi connectivity index (χ1v) is 7.21. The van der Waals surface area contributed by atoms with Gasteiger partial charge in [-0.15, -0.1) is 0 Å². The summed E-state index contributed by atoms with van der Waals surface area (Å²) < 4.78 is 5.68. The van der Waals surface area contributed by atoms with Crippen molar-refractivity contribution in [2.75, 3.05) is 6.54 Å². The van der Waals surface area contributed by atoms with Gasteiger partial charge in [0, 0.05) is 18.9 Å². The van der Waals surface area contributed by atoms with E-state index in [4.69, 9.17) is 4.74 Å². The predicted molar refractivity (Wildman–Crippen MR) is 72.4 cm³/mol. The summed E-state index contributed by atoms with van der Waals surface area (Å²) in [6, 6.07) is 0. The monoisotopic (exact) mass is 267 g/mol. The van der Waals surface area contributed by atoms with Crippen LogP contribution in [0.4, 0.5) is 0 Å². The minimum Gasteiger partial charge on any atom is -0.462 e. The van der Waals surface area contributed by atoms with Crippen LogP contribution in [0.5, 0.6) is 0 Å². The highest BCUT2D eigenvalue weighted by atomic mass is 16.5. The van der Waals surface area contributed by atoms with Crippen LogP contribution < -0.4 is 5.32 Å². The van der Waals surface area contributed by atoms with E-state index >= 15 is 0 Å². The maximum Gasteiger partial charge on any atom is 0.307 e. The third kappa shape index (κ3) is 2.37. The summed E-state index contributed by atoms with van der Waals surface area (Å²) in [5, 5.41) is 2.62. The molecule has 2 fully saturated rings.